The first-order valence-electron chi connectivity index (χ1n) is 7.85. The Kier molecular flexibility index (Phi) is 5.37. The van der Waals surface area contributed by atoms with Crippen molar-refractivity contribution in [1.29, 1.82) is 0 Å². The maximum absolute atomic E-state index is 12.6. The standard InChI is InChI=1S/C18H19N3OS2/c1-12(2)10-14-15(21-18(24-14)17-19-8-9-23-17)16(22)20-11-13-6-4-3-5-7-13/h3-9,12H,10-11H2,1-2H3,(H,20,22). The van der Waals surface area contributed by atoms with Crippen LogP contribution in [0, 0.1) is 5.92 Å². The predicted octanol–water partition coefficient (Wildman–Crippen LogP) is 4.40. The summed E-state index contributed by atoms with van der Waals surface area (Å²) in [5.74, 6) is 0.351. The molecule has 124 valence electrons. The minimum absolute atomic E-state index is 0.117. The van der Waals surface area contributed by atoms with E-state index in [1.807, 2.05) is 35.7 Å². The van der Waals surface area contributed by atoms with Gasteiger partial charge in [0.1, 0.15) is 5.69 Å². The summed E-state index contributed by atoms with van der Waals surface area (Å²) in [7, 11) is 0. The molecule has 0 saturated heterocycles. The smallest absolute Gasteiger partial charge is 0.271 e. The molecule has 24 heavy (non-hydrogen) atoms. The van der Waals surface area contributed by atoms with Gasteiger partial charge in [-0.1, -0.05) is 44.2 Å². The van der Waals surface area contributed by atoms with Gasteiger partial charge < -0.3 is 5.32 Å². The topological polar surface area (TPSA) is 54.9 Å². The first-order valence-corrected chi connectivity index (χ1v) is 9.54. The van der Waals surface area contributed by atoms with Crippen molar-refractivity contribution in [1.82, 2.24) is 15.3 Å². The fraction of sp³-hybridized carbons (Fsp3) is 0.278. The van der Waals surface area contributed by atoms with Crippen LogP contribution in [0.4, 0.5) is 0 Å². The number of benzene rings is 1. The monoisotopic (exact) mass is 357 g/mol. The second-order valence-electron chi connectivity index (χ2n) is 5.89. The number of hydrogen-bond acceptors (Lipinski definition) is 5. The lowest BCUT2D eigenvalue weighted by molar-refractivity contribution is 0.0945. The molecule has 0 fully saturated rings. The predicted molar refractivity (Wildman–Crippen MR) is 99.4 cm³/mol. The summed E-state index contributed by atoms with van der Waals surface area (Å²) in [4.78, 5) is 22.5. The van der Waals surface area contributed by atoms with Gasteiger partial charge in [-0.05, 0) is 17.9 Å². The molecule has 0 aliphatic carbocycles. The largest absolute Gasteiger partial charge is 0.347 e. The first kappa shape index (κ1) is 16.8. The third-order valence-corrected chi connectivity index (χ3v) is 5.41. The molecule has 0 aliphatic rings. The lowest BCUT2D eigenvalue weighted by atomic mass is 10.1. The Morgan fingerprint density at radius 3 is 2.67 bits per heavy atom. The highest BCUT2D eigenvalue weighted by molar-refractivity contribution is 7.20. The number of hydrogen-bond donors (Lipinski definition) is 1. The first-order chi connectivity index (χ1) is 11.6. The molecule has 1 N–H and O–H groups in total. The van der Waals surface area contributed by atoms with Crippen LogP contribution in [-0.4, -0.2) is 15.9 Å². The van der Waals surface area contributed by atoms with Gasteiger partial charge in [-0.2, -0.15) is 0 Å². The van der Waals surface area contributed by atoms with E-state index in [0.717, 1.165) is 26.9 Å². The normalized spacial score (nSPS) is 11.0. The lowest BCUT2D eigenvalue weighted by Crippen LogP contribution is -2.24. The molecule has 6 heteroatoms. The molecule has 2 aromatic heterocycles. The van der Waals surface area contributed by atoms with Gasteiger partial charge in [0.15, 0.2) is 10.0 Å². The van der Waals surface area contributed by atoms with E-state index in [1.54, 1.807) is 28.9 Å². The van der Waals surface area contributed by atoms with Gasteiger partial charge in [-0.15, -0.1) is 22.7 Å². The lowest BCUT2D eigenvalue weighted by Gasteiger charge is -2.06. The van der Waals surface area contributed by atoms with Crippen molar-refractivity contribution in [3.8, 4) is 10.0 Å². The minimum Gasteiger partial charge on any atom is -0.347 e. The second kappa shape index (κ2) is 7.68. The molecule has 1 amide bonds. The van der Waals surface area contributed by atoms with Gasteiger partial charge in [0.25, 0.3) is 5.91 Å². The van der Waals surface area contributed by atoms with Crippen molar-refractivity contribution >= 4 is 28.6 Å². The Morgan fingerprint density at radius 2 is 2.00 bits per heavy atom. The number of amides is 1. The number of rotatable bonds is 6. The van der Waals surface area contributed by atoms with E-state index in [2.05, 4.69) is 29.1 Å². The van der Waals surface area contributed by atoms with Crippen LogP contribution in [0.3, 0.4) is 0 Å². The van der Waals surface area contributed by atoms with Crippen LogP contribution in [-0.2, 0) is 13.0 Å². The van der Waals surface area contributed by atoms with Gasteiger partial charge in [0.2, 0.25) is 0 Å². The molecular formula is C18H19N3OS2. The Morgan fingerprint density at radius 1 is 1.21 bits per heavy atom. The van der Waals surface area contributed by atoms with Crippen molar-refractivity contribution in [2.24, 2.45) is 5.92 Å². The van der Waals surface area contributed by atoms with Gasteiger partial charge >= 0.3 is 0 Å². The van der Waals surface area contributed by atoms with E-state index in [-0.39, 0.29) is 5.91 Å². The summed E-state index contributed by atoms with van der Waals surface area (Å²) in [6.07, 6.45) is 2.61. The molecule has 0 spiro atoms. The third kappa shape index (κ3) is 4.07. The Balaban J connectivity index is 1.80. The zero-order valence-corrected chi connectivity index (χ0v) is 15.3. The molecule has 1 aromatic carbocycles. The number of carbonyl (C=O) groups is 1. The van der Waals surface area contributed by atoms with Crippen LogP contribution in [0.2, 0.25) is 0 Å². The highest BCUT2D eigenvalue weighted by atomic mass is 32.1. The quantitative estimate of drug-likeness (QED) is 0.711. The van der Waals surface area contributed by atoms with E-state index >= 15 is 0 Å². The zero-order chi connectivity index (χ0) is 16.9. The van der Waals surface area contributed by atoms with E-state index in [4.69, 9.17) is 0 Å². The van der Waals surface area contributed by atoms with E-state index in [9.17, 15) is 4.79 Å². The van der Waals surface area contributed by atoms with Crippen LogP contribution < -0.4 is 5.32 Å². The van der Waals surface area contributed by atoms with E-state index < -0.39 is 0 Å². The maximum atomic E-state index is 12.6. The van der Waals surface area contributed by atoms with Crippen molar-refractivity contribution in [2.75, 3.05) is 0 Å². The number of carbonyl (C=O) groups excluding carboxylic acids is 1. The van der Waals surface area contributed by atoms with Crippen LogP contribution in [0.1, 0.15) is 34.8 Å². The summed E-state index contributed by atoms with van der Waals surface area (Å²) >= 11 is 3.12. The Bertz CT molecular complexity index is 795. The van der Waals surface area contributed by atoms with Crippen LogP contribution in [0.25, 0.3) is 10.0 Å². The Hall–Kier alpha value is -2.05. The van der Waals surface area contributed by atoms with Crippen molar-refractivity contribution in [3.63, 3.8) is 0 Å². The Labute approximate surface area is 149 Å². The molecule has 0 radical (unpaired) electrons. The van der Waals surface area contributed by atoms with Crippen molar-refractivity contribution in [2.45, 2.75) is 26.8 Å². The van der Waals surface area contributed by atoms with Gasteiger partial charge in [-0.3, -0.25) is 4.79 Å². The van der Waals surface area contributed by atoms with Crippen LogP contribution >= 0.6 is 22.7 Å². The summed E-state index contributed by atoms with van der Waals surface area (Å²) in [6, 6.07) is 9.89. The SMILES string of the molecule is CC(C)Cc1sc(-c2nccs2)nc1C(=O)NCc1ccccc1. The molecule has 0 saturated carbocycles. The number of nitrogens with one attached hydrogen (secondary N) is 1. The summed E-state index contributed by atoms with van der Waals surface area (Å²) in [5, 5.41) is 6.59. The number of thiazole rings is 2. The summed E-state index contributed by atoms with van der Waals surface area (Å²) in [6.45, 7) is 4.80. The third-order valence-electron chi connectivity index (χ3n) is 3.42. The van der Waals surface area contributed by atoms with Crippen molar-refractivity contribution < 1.29 is 4.79 Å². The minimum atomic E-state index is -0.117. The van der Waals surface area contributed by atoms with Crippen molar-refractivity contribution in [3.05, 3.63) is 58.0 Å². The molecule has 3 rings (SSSR count). The average Bonchev–Trinajstić information content (AvgIpc) is 3.22. The summed E-state index contributed by atoms with van der Waals surface area (Å²) in [5.41, 5.74) is 1.61. The number of nitrogens with zero attached hydrogens (tertiary/aromatic N) is 2. The molecule has 0 aliphatic heterocycles. The van der Waals surface area contributed by atoms with E-state index in [0.29, 0.717) is 18.2 Å². The zero-order valence-electron chi connectivity index (χ0n) is 13.7. The van der Waals surface area contributed by atoms with Gasteiger partial charge in [0, 0.05) is 23.0 Å². The highest BCUT2D eigenvalue weighted by Crippen LogP contribution is 2.31. The molecule has 2 heterocycles. The van der Waals surface area contributed by atoms with Gasteiger partial charge in [0.05, 0.1) is 0 Å². The maximum Gasteiger partial charge on any atom is 0.271 e. The van der Waals surface area contributed by atoms with Gasteiger partial charge in [-0.25, -0.2) is 9.97 Å². The van der Waals surface area contributed by atoms with Crippen LogP contribution in [0.15, 0.2) is 41.9 Å². The molecule has 4 nitrogen and oxygen atoms in total. The molecule has 0 atom stereocenters. The average molecular weight is 358 g/mol. The van der Waals surface area contributed by atoms with Crippen LogP contribution in [0.5, 0.6) is 0 Å². The number of aromatic nitrogens is 2. The van der Waals surface area contributed by atoms with E-state index in [1.165, 1.54) is 0 Å². The molecule has 0 bridgehead atoms. The second-order valence-corrected chi connectivity index (χ2v) is 7.87. The fourth-order valence-electron chi connectivity index (χ4n) is 2.32. The fourth-order valence-corrected chi connectivity index (χ4v) is 4.27. The molecule has 0 unspecified atom stereocenters. The molecule has 3 aromatic rings. The summed E-state index contributed by atoms with van der Waals surface area (Å²) < 4.78 is 0. The highest BCUT2D eigenvalue weighted by Gasteiger charge is 2.20. The molecular weight excluding hydrogens is 338 g/mol.